The maximum atomic E-state index is 7.89. The van der Waals surface area contributed by atoms with E-state index >= 15 is 0 Å². The van der Waals surface area contributed by atoms with Crippen molar-refractivity contribution in [3.63, 3.8) is 0 Å². The first-order valence-corrected chi connectivity index (χ1v) is 12.9. The van der Waals surface area contributed by atoms with Crippen LogP contribution in [0.2, 0.25) is 0 Å². The summed E-state index contributed by atoms with van der Waals surface area (Å²) in [4.78, 5) is 16.4. The van der Waals surface area contributed by atoms with Gasteiger partial charge in [-0.1, -0.05) is 13.8 Å². The molecule has 1 saturated heterocycles. The van der Waals surface area contributed by atoms with Gasteiger partial charge in [0.2, 0.25) is 0 Å². The van der Waals surface area contributed by atoms with E-state index in [2.05, 4.69) is 44.2 Å². The average Bonchev–Trinajstić information content (AvgIpc) is 2.86. The van der Waals surface area contributed by atoms with Crippen LogP contribution in [0, 0.1) is 5.41 Å². The maximum Gasteiger partial charge on any atom is 0.154 e. The Bertz CT molecular complexity index is 1130. The molecule has 1 atom stereocenters. The summed E-state index contributed by atoms with van der Waals surface area (Å²) in [6.07, 6.45) is 7.90. The summed E-state index contributed by atoms with van der Waals surface area (Å²) in [6.45, 7) is 8.48. The van der Waals surface area contributed by atoms with E-state index < -0.39 is 0 Å². The standard InChI is InChI=1S/C25H32N8S/c1-18(2)19-13-25(32-29-17-19)31-24-5-4-22-23(30-24)12-20(16-28-22)21(14-26)15-27-6-3-7-33-8-10-34-11-9-33/h4-5,12-18,21,26H,3,6-11H2,1-2H3,(H,30,31,32). The van der Waals surface area contributed by atoms with Gasteiger partial charge in [-0.3, -0.25) is 9.98 Å². The molecule has 0 aliphatic carbocycles. The van der Waals surface area contributed by atoms with Crippen molar-refractivity contribution in [2.75, 3.05) is 43.0 Å². The molecule has 1 aliphatic heterocycles. The third-order valence-electron chi connectivity index (χ3n) is 5.85. The van der Waals surface area contributed by atoms with Gasteiger partial charge in [0, 0.05) is 49.8 Å². The number of hydrogen-bond acceptors (Lipinski definition) is 9. The molecule has 3 aromatic rings. The predicted octanol–water partition coefficient (Wildman–Crippen LogP) is 4.53. The molecule has 1 fully saturated rings. The summed E-state index contributed by atoms with van der Waals surface area (Å²) in [6, 6.07) is 7.79. The molecule has 2 N–H and O–H groups in total. The van der Waals surface area contributed by atoms with Crippen LogP contribution < -0.4 is 5.32 Å². The molecule has 9 heteroatoms. The van der Waals surface area contributed by atoms with Gasteiger partial charge in [0.05, 0.1) is 23.1 Å². The van der Waals surface area contributed by atoms with Gasteiger partial charge in [-0.15, -0.1) is 5.10 Å². The van der Waals surface area contributed by atoms with Crippen LogP contribution >= 0.6 is 11.8 Å². The first kappa shape index (κ1) is 24.2. The molecule has 0 saturated carbocycles. The molecule has 178 valence electrons. The molecule has 0 bridgehead atoms. The lowest BCUT2D eigenvalue weighted by atomic mass is 10.0. The van der Waals surface area contributed by atoms with E-state index in [-0.39, 0.29) is 5.92 Å². The Hall–Kier alpha value is -2.91. The van der Waals surface area contributed by atoms with E-state index in [1.165, 1.54) is 30.8 Å². The summed E-state index contributed by atoms with van der Waals surface area (Å²) < 4.78 is 0. The Morgan fingerprint density at radius 2 is 1.97 bits per heavy atom. The zero-order chi connectivity index (χ0) is 23.8. The van der Waals surface area contributed by atoms with Crippen LogP contribution in [0.4, 0.5) is 11.6 Å². The summed E-state index contributed by atoms with van der Waals surface area (Å²) in [7, 11) is 0. The number of thioether (sulfide) groups is 1. The van der Waals surface area contributed by atoms with Crippen LogP contribution in [0.25, 0.3) is 11.0 Å². The summed E-state index contributed by atoms with van der Waals surface area (Å²) in [5.74, 6) is 3.97. The number of pyridine rings is 2. The molecule has 0 aromatic carbocycles. The number of aromatic nitrogens is 4. The molecule has 0 amide bonds. The highest BCUT2D eigenvalue weighted by Gasteiger charge is 2.11. The highest BCUT2D eigenvalue weighted by Crippen LogP contribution is 2.22. The quantitative estimate of drug-likeness (QED) is 0.327. The Morgan fingerprint density at radius 1 is 1.12 bits per heavy atom. The second kappa shape index (κ2) is 12.0. The molecule has 4 rings (SSSR count). The van der Waals surface area contributed by atoms with Crippen molar-refractivity contribution in [2.45, 2.75) is 32.1 Å². The van der Waals surface area contributed by atoms with Crippen LogP contribution in [0.5, 0.6) is 0 Å². The molecule has 3 aromatic heterocycles. The molecule has 1 aliphatic rings. The van der Waals surface area contributed by atoms with Crippen LogP contribution in [0.3, 0.4) is 0 Å². The van der Waals surface area contributed by atoms with Crippen LogP contribution in [0.1, 0.15) is 43.2 Å². The Labute approximate surface area is 205 Å². The Kier molecular flexibility index (Phi) is 8.54. The van der Waals surface area contributed by atoms with E-state index in [9.17, 15) is 0 Å². The lowest BCUT2D eigenvalue weighted by Gasteiger charge is -2.25. The second-order valence-corrected chi connectivity index (χ2v) is 9.94. The molecular weight excluding hydrogens is 444 g/mol. The minimum Gasteiger partial charge on any atom is -0.323 e. The summed E-state index contributed by atoms with van der Waals surface area (Å²) >= 11 is 2.03. The number of anilines is 2. The van der Waals surface area contributed by atoms with E-state index in [1.54, 1.807) is 6.20 Å². The topological polar surface area (TPSA) is 103 Å². The number of nitrogens with zero attached hydrogens (tertiary/aromatic N) is 6. The van der Waals surface area contributed by atoms with Crippen molar-refractivity contribution in [3.8, 4) is 0 Å². The Morgan fingerprint density at radius 3 is 2.76 bits per heavy atom. The SMILES string of the molecule is CC(C)c1cnnc(Nc2ccc3ncc(C(C=N)C=NCCCN4CCSCC4)cc3n2)c1. The zero-order valence-electron chi connectivity index (χ0n) is 19.8. The van der Waals surface area contributed by atoms with Crippen molar-refractivity contribution < 1.29 is 0 Å². The molecule has 0 spiro atoms. The molecule has 8 nitrogen and oxygen atoms in total. The number of fused-ring (bicyclic) bond motifs is 1. The minimum absolute atomic E-state index is 0.213. The smallest absolute Gasteiger partial charge is 0.154 e. The van der Waals surface area contributed by atoms with E-state index in [4.69, 9.17) is 10.4 Å². The van der Waals surface area contributed by atoms with Crippen molar-refractivity contribution in [1.29, 1.82) is 5.41 Å². The number of hydrogen-bond donors (Lipinski definition) is 2. The first-order chi connectivity index (χ1) is 16.6. The van der Waals surface area contributed by atoms with E-state index in [0.29, 0.717) is 17.6 Å². The minimum atomic E-state index is -0.213. The van der Waals surface area contributed by atoms with Crippen molar-refractivity contribution >= 4 is 46.9 Å². The fourth-order valence-electron chi connectivity index (χ4n) is 3.79. The second-order valence-electron chi connectivity index (χ2n) is 8.71. The normalized spacial score (nSPS) is 15.7. The number of nitrogens with one attached hydrogen (secondary N) is 2. The van der Waals surface area contributed by atoms with Crippen molar-refractivity contribution in [2.24, 2.45) is 4.99 Å². The van der Waals surface area contributed by atoms with E-state index in [1.807, 2.05) is 48.4 Å². The average molecular weight is 477 g/mol. The van der Waals surface area contributed by atoms with Gasteiger partial charge in [0.25, 0.3) is 0 Å². The van der Waals surface area contributed by atoms with Crippen molar-refractivity contribution in [3.05, 3.63) is 47.8 Å². The Balaban J connectivity index is 1.41. The monoisotopic (exact) mass is 476 g/mol. The largest absolute Gasteiger partial charge is 0.323 e. The van der Waals surface area contributed by atoms with Gasteiger partial charge >= 0.3 is 0 Å². The zero-order valence-corrected chi connectivity index (χ0v) is 20.6. The predicted molar refractivity (Wildman–Crippen MR) is 142 cm³/mol. The van der Waals surface area contributed by atoms with Crippen molar-refractivity contribution in [1.82, 2.24) is 25.1 Å². The third-order valence-corrected chi connectivity index (χ3v) is 6.80. The molecule has 34 heavy (non-hydrogen) atoms. The fourth-order valence-corrected chi connectivity index (χ4v) is 4.77. The summed E-state index contributed by atoms with van der Waals surface area (Å²) in [5.41, 5.74) is 3.59. The fraction of sp³-hybridized carbons (Fsp3) is 0.440. The van der Waals surface area contributed by atoms with Gasteiger partial charge in [0.1, 0.15) is 5.82 Å². The van der Waals surface area contributed by atoms with Gasteiger partial charge in [-0.2, -0.15) is 16.9 Å². The lowest BCUT2D eigenvalue weighted by Crippen LogP contribution is -2.33. The first-order valence-electron chi connectivity index (χ1n) is 11.8. The maximum absolute atomic E-state index is 7.89. The molecule has 0 radical (unpaired) electrons. The van der Waals surface area contributed by atoms with E-state index in [0.717, 1.165) is 41.7 Å². The highest BCUT2D eigenvalue weighted by atomic mass is 32.2. The molecule has 4 heterocycles. The van der Waals surface area contributed by atoms with Gasteiger partial charge in [-0.05, 0) is 54.3 Å². The van der Waals surface area contributed by atoms with Gasteiger partial charge < -0.3 is 15.6 Å². The van der Waals surface area contributed by atoms with Crippen LogP contribution in [-0.2, 0) is 0 Å². The van der Waals surface area contributed by atoms with Crippen LogP contribution in [0.15, 0.2) is 41.7 Å². The highest BCUT2D eigenvalue weighted by molar-refractivity contribution is 7.99. The lowest BCUT2D eigenvalue weighted by molar-refractivity contribution is 0.300. The van der Waals surface area contributed by atoms with Gasteiger partial charge in [-0.25, -0.2) is 4.98 Å². The van der Waals surface area contributed by atoms with Gasteiger partial charge in [0.15, 0.2) is 5.82 Å². The molecular formula is C25H32N8S. The molecule has 1 unspecified atom stereocenters. The van der Waals surface area contributed by atoms with Crippen LogP contribution in [-0.4, -0.2) is 75.2 Å². The summed E-state index contributed by atoms with van der Waals surface area (Å²) in [5, 5.41) is 19.4. The number of rotatable bonds is 10. The number of aliphatic imine (C=N–C) groups is 1. The third kappa shape index (κ3) is 6.57.